The minimum absolute atomic E-state index is 0.230. The second kappa shape index (κ2) is 6.59. The van der Waals surface area contributed by atoms with E-state index in [0.29, 0.717) is 0 Å². The summed E-state index contributed by atoms with van der Waals surface area (Å²) in [6.45, 7) is 0. The van der Waals surface area contributed by atoms with E-state index in [1.54, 1.807) is 0 Å². The molecule has 34 heavy (non-hydrogen) atoms. The number of anilines is 1. The van der Waals surface area contributed by atoms with Crippen LogP contribution in [0.3, 0.4) is 0 Å². The van der Waals surface area contributed by atoms with Crippen LogP contribution >= 0.6 is 0 Å². The van der Waals surface area contributed by atoms with Gasteiger partial charge in [-0.2, -0.15) is 0 Å². The van der Waals surface area contributed by atoms with Crippen LogP contribution in [0.1, 0.15) is 17.2 Å². The Kier molecular flexibility index (Phi) is 3.51. The lowest BCUT2D eigenvalue weighted by Crippen LogP contribution is -2.37. The van der Waals surface area contributed by atoms with Crippen molar-refractivity contribution in [1.82, 2.24) is 0 Å². The first kappa shape index (κ1) is 18.1. The lowest BCUT2D eigenvalue weighted by atomic mass is 9.77. The molecule has 6 aromatic carbocycles. The molecule has 0 N–H and O–H groups in total. The first-order chi connectivity index (χ1) is 16.9. The minimum atomic E-state index is 0.230. The zero-order valence-electron chi connectivity index (χ0n) is 18.6. The van der Waals surface area contributed by atoms with Crippen molar-refractivity contribution in [2.45, 2.75) is 6.04 Å². The lowest BCUT2D eigenvalue weighted by Gasteiger charge is -2.48. The van der Waals surface area contributed by atoms with Crippen LogP contribution in [-0.2, 0) is 0 Å². The van der Waals surface area contributed by atoms with E-state index in [4.69, 9.17) is 0 Å². The molecule has 0 saturated heterocycles. The van der Waals surface area contributed by atoms with E-state index in [1.165, 1.54) is 66.0 Å². The molecule has 0 aromatic heterocycles. The second-order valence-electron chi connectivity index (χ2n) is 9.33. The van der Waals surface area contributed by atoms with Gasteiger partial charge in [0.1, 0.15) is 0 Å². The maximum absolute atomic E-state index is 2.56. The Morgan fingerprint density at radius 1 is 0.529 bits per heavy atom. The molecule has 1 heteroatoms. The largest absolute Gasteiger partial charge is 0.329 e. The van der Waals surface area contributed by atoms with Crippen molar-refractivity contribution in [1.29, 1.82) is 0 Å². The van der Waals surface area contributed by atoms with Crippen LogP contribution in [-0.4, -0.2) is 0 Å². The van der Waals surface area contributed by atoms with Crippen molar-refractivity contribution in [2.75, 3.05) is 4.90 Å². The first-order valence-corrected chi connectivity index (χ1v) is 11.9. The molecule has 2 aliphatic heterocycles. The molecule has 2 heterocycles. The third-order valence-corrected chi connectivity index (χ3v) is 7.58. The van der Waals surface area contributed by atoms with E-state index in [1.807, 2.05) is 0 Å². The number of rotatable bonds is 1. The second-order valence-corrected chi connectivity index (χ2v) is 9.33. The van der Waals surface area contributed by atoms with Gasteiger partial charge in [0, 0.05) is 11.3 Å². The summed E-state index contributed by atoms with van der Waals surface area (Å²) in [6.07, 6.45) is 2.45. The van der Waals surface area contributed by atoms with Gasteiger partial charge in [-0.25, -0.2) is 0 Å². The van der Waals surface area contributed by atoms with Crippen LogP contribution in [0.2, 0.25) is 0 Å². The maximum Gasteiger partial charge on any atom is 0.0811 e. The topological polar surface area (TPSA) is 3.24 Å². The normalized spacial score (nSPS) is 16.1. The molecule has 1 nitrogen and oxygen atoms in total. The van der Waals surface area contributed by atoms with Crippen molar-refractivity contribution < 1.29 is 0 Å². The molecule has 1 unspecified atom stereocenters. The van der Waals surface area contributed by atoms with Crippen molar-refractivity contribution in [3.63, 3.8) is 0 Å². The molecule has 0 aliphatic carbocycles. The van der Waals surface area contributed by atoms with Gasteiger partial charge in [-0.1, -0.05) is 103 Å². The molecule has 8 rings (SSSR count). The van der Waals surface area contributed by atoms with Gasteiger partial charge < -0.3 is 4.90 Å². The fourth-order valence-corrected chi connectivity index (χ4v) is 6.10. The van der Waals surface area contributed by atoms with Gasteiger partial charge >= 0.3 is 0 Å². The van der Waals surface area contributed by atoms with Crippen LogP contribution in [0.4, 0.5) is 5.69 Å². The Bertz CT molecular complexity index is 1810. The number of fused-ring (bicyclic) bond motifs is 12. The molecular formula is C33H21N. The smallest absolute Gasteiger partial charge is 0.0811 e. The fourth-order valence-electron chi connectivity index (χ4n) is 6.10. The third kappa shape index (κ3) is 2.29. The van der Waals surface area contributed by atoms with Crippen LogP contribution in [0, 0.1) is 0 Å². The summed E-state index contributed by atoms with van der Waals surface area (Å²) in [6, 6.07) is 42.4. The highest BCUT2D eigenvalue weighted by molar-refractivity contribution is 6.20. The third-order valence-electron chi connectivity index (χ3n) is 7.58. The molecule has 2 aliphatic rings. The summed E-state index contributed by atoms with van der Waals surface area (Å²) < 4.78 is 0. The SMILES string of the molecule is C1=C(c2ccccc2)N2c3cc4ccccc4cc3-c3c(c4ccccc4c4ccccc34)C12. The van der Waals surface area contributed by atoms with E-state index >= 15 is 0 Å². The molecule has 1 atom stereocenters. The average Bonchev–Trinajstić information content (AvgIpc) is 2.88. The summed E-state index contributed by atoms with van der Waals surface area (Å²) in [5.74, 6) is 0. The van der Waals surface area contributed by atoms with Crippen molar-refractivity contribution in [3.8, 4) is 11.1 Å². The number of hydrogen-bond acceptors (Lipinski definition) is 1. The highest BCUT2D eigenvalue weighted by atomic mass is 15.2. The van der Waals surface area contributed by atoms with Gasteiger partial charge in [0.05, 0.1) is 11.7 Å². The van der Waals surface area contributed by atoms with E-state index in [9.17, 15) is 0 Å². The fraction of sp³-hybridized carbons (Fsp3) is 0.0303. The van der Waals surface area contributed by atoms with Gasteiger partial charge in [-0.15, -0.1) is 0 Å². The van der Waals surface area contributed by atoms with Gasteiger partial charge in [0.25, 0.3) is 0 Å². The first-order valence-electron chi connectivity index (χ1n) is 11.9. The molecule has 0 saturated carbocycles. The standard InChI is InChI=1S/C33H21N/c1-2-10-21(11-3-1)29-20-31-33-27-17-9-7-15-25(27)24-14-6-8-16-26(24)32(33)28-18-22-12-4-5-13-23(22)19-30(28)34(29)31/h1-20,31H. The average molecular weight is 432 g/mol. The van der Waals surface area contributed by atoms with E-state index < -0.39 is 0 Å². The Balaban J connectivity index is 1.56. The Hall–Kier alpha value is -4.36. The molecule has 158 valence electrons. The van der Waals surface area contributed by atoms with Gasteiger partial charge in [0.15, 0.2) is 0 Å². The Morgan fingerprint density at radius 3 is 1.88 bits per heavy atom. The Labute approximate surface area is 198 Å². The van der Waals surface area contributed by atoms with Gasteiger partial charge in [0.2, 0.25) is 0 Å². The predicted octanol–water partition coefficient (Wildman–Crippen LogP) is 8.73. The molecule has 0 radical (unpaired) electrons. The summed E-state index contributed by atoms with van der Waals surface area (Å²) >= 11 is 0. The van der Waals surface area contributed by atoms with Crippen molar-refractivity contribution in [3.05, 3.63) is 132 Å². The monoisotopic (exact) mass is 431 g/mol. The van der Waals surface area contributed by atoms with E-state index in [2.05, 4.69) is 126 Å². The summed E-state index contributed by atoms with van der Waals surface area (Å²) in [5.41, 5.74) is 8.01. The minimum Gasteiger partial charge on any atom is -0.329 e. The lowest BCUT2D eigenvalue weighted by molar-refractivity contribution is 0.799. The molecular weight excluding hydrogens is 410 g/mol. The van der Waals surface area contributed by atoms with Crippen LogP contribution in [0.25, 0.3) is 49.1 Å². The van der Waals surface area contributed by atoms with E-state index in [0.717, 1.165) is 0 Å². The van der Waals surface area contributed by atoms with Gasteiger partial charge in [-0.3, -0.25) is 0 Å². The maximum atomic E-state index is 2.56. The molecule has 0 bridgehead atoms. The van der Waals surface area contributed by atoms with Crippen LogP contribution < -0.4 is 4.90 Å². The van der Waals surface area contributed by atoms with Crippen LogP contribution in [0.5, 0.6) is 0 Å². The quantitative estimate of drug-likeness (QED) is 0.235. The molecule has 0 spiro atoms. The number of benzene rings is 6. The zero-order chi connectivity index (χ0) is 22.2. The molecule has 0 fully saturated rings. The summed E-state index contributed by atoms with van der Waals surface area (Å²) in [4.78, 5) is 2.56. The van der Waals surface area contributed by atoms with Crippen LogP contribution in [0.15, 0.2) is 121 Å². The van der Waals surface area contributed by atoms with Crippen molar-refractivity contribution >= 4 is 43.7 Å². The van der Waals surface area contributed by atoms with E-state index in [-0.39, 0.29) is 6.04 Å². The zero-order valence-corrected chi connectivity index (χ0v) is 18.6. The van der Waals surface area contributed by atoms with Gasteiger partial charge in [-0.05, 0) is 67.2 Å². The summed E-state index contributed by atoms with van der Waals surface area (Å²) in [7, 11) is 0. The number of nitrogens with zero attached hydrogens (tertiary/aromatic N) is 1. The molecule has 0 amide bonds. The summed E-state index contributed by atoms with van der Waals surface area (Å²) in [5, 5.41) is 7.93. The van der Waals surface area contributed by atoms with Crippen molar-refractivity contribution in [2.24, 2.45) is 0 Å². The number of hydrogen-bond donors (Lipinski definition) is 0. The highest BCUT2D eigenvalue weighted by Crippen LogP contribution is 2.58. The Morgan fingerprint density at radius 2 is 1.12 bits per heavy atom. The highest BCUT2D eigenvalue weighted by Gasteiger charge is 2.40. The predicted molar refractivity (Wildman–Crippen MR) is 144 cm³/mol. The molecule has 6 aromatic rings.